The Hall–Kier alpha value is -1.39. The van der Waals surface area contributed by atoms with E-state index in [-0.39, 0.29) is 35.9 Å². The Morgan fingerprint density at radius 1 is 0.857 bits per heavy atom. The summed E-state index contributed by atoms with van der Waals surface area (Å²) in [5.41, 5.74) is 0. The standard InChI is InChI=1S/C16H22N2O3/c19-14-6-7-15(20)18(14)13-8-11-4-5-12(9-13)17(11)16(21)10-2-1-3-10/h10-13H,1-9H2. The molecule has 1 aliphatic carbocycles. The van der Waals surface area contributed by atoms with Crippen molar-refractivity contribution in [2.24, 2.45) is 5.92 Å². The average molecular weight is 290 g/mol. The molecular weight excluding hydrogens is 268 g/mol. The molecule has 4 fully saturated rings. The van der Waals surface area contributed by atoms with E-state index >= 15 is 0 Å². The van der Waals surface area contributed by atoms with Crippen LogP contribution in [0.3, 0.4) is 0 Å². The van der Waals surface area contributed by atoms with Gasteiger partial charge in [0.1, 0.15) is 0 Å². The molecular formula is C16H22N2O3. The minimum Gasteiger partial charge on any atom is -0.336 e. The summed E-state index contributed by atoms with van der Waals surface area (Å²) >= 11 is 0. The first-order valence-electron chi connectivity index (χ1n) is 8.32. The van der Waals surface area contributed by atoms with Crippen LogP contribution in [-0.4, -0.2) is 45.6 Å². The fourth-order valence-electron chi connectivity index (χ4n) is 4.59. The summed E-state index contributed by atoms with van der Waals surface area (Å²) in [6.07, 6.45) is 7.68. The van der Waals surface area contributed by atoms with Crippen molar-refractivity contribution in [3.63, 3.8) is 0 Å². The Balaban J connectivity index is 1.49. The van der Waals surface area contributed by atoms with Gasteiger partial charge in [0, 0.05) is 36.9 Å². The molecule has 5 nitrogen and oxygen atoms in total. The third-order valence-electron chi connectivity index (χ3n) is 5.87. The quantitative estimate of drug-likeness (QED) is 0.723. The van der Waals surface area contributed by atoms with Crippen molar-refractivity contribution in [1.82, 2.24) is 9.80 Å². The fourth-order valence-corrected chi connectivity index (χ4v) is 4.59. The maximum Gasteiger partial charge on any atom is 0.229 e. The van der Waals surface area contributed by atoms with E-state index in [0.29, 0.717) is 18.7 Å². The zero-order chi connectivity index (χ0) is 14.6. The molecule has 0 radical (unpaired) electrons. The highest BCUT2D eigenvalue weighted by Crippen LogP contribution is 2.41. The SMILES string of the molecule is O=C1CCC(=O)N1C1CC2CCC(C1)N2C(=O)C1CCC1. The lowest BCUT2D eigenvalue weighted by Gasteiger charge is -2.44. The molecule has 0 aromatic carbocycles. The van der Waals surface area contributed by atoms with Gasteiger partial charge in [-0.05, 0) is 38.5 Å². The Bertz CT molecular complexity index is 470. The van der Waals surface area contributed by atoms with E-state index in [0.717, 1.165) is 38.5 Å². The Kier molecular flexibility index (Phi) is 3.05. The Morgan fingerprint density at radius 3 is 1.90 bits per heavy atom. The van der Waals surface area contributed by atoms with E-state index in [4.69, 9.17) is 0 Å². The van der Waals surface area contributed by atoms with Gasteiger partial charge >= 0.3 is 0 Å². The van der Waals surface area contributed by atoms with E-state index in [1.165, 1.54) is 11.3 Å². The highest BCUT2D eigenvalue weighted by atomic mass is 16.2. The van der Waals surface area contributed by atoms with Crippen LogP contribution in [0.15, 0.2) is 0 Å². The van der Waals surface area contributed by atoms with Crippen LogP contribution < -0.4 is 0 Å². The first-order valence-corrected chi connectivity index (χ1v) is 8.32. The smallest absolute Gasteiger partial charge is 0.229 e. The molecule has 2 unspecified atom stereocenters. The normalized spacial score (nSPS) is 36.3. The predicted octanol–water partition coefficient (Wildman–Crippen LogP) is 1.46. The number of likely N-dealkylation sites (tertiary alicyclic amines) is 1. The molecule has 2 atom stereocenters. The molecule has 3 heterocycles. The molecule has 0 N–H and O–H groups in total. The van der Waals surface area contributed by atoms with Gasteiger partial charge in [-0.2, -0.15) is 0 Å². The van der Waals surface area contributed by atoms with Crippen LogP contribution >= 0.6 is 0 Å². The number of carbonyl (C=O) groups is 3. The third-order valence-corrected chi connectivity index (χ3v) is 5.87. The maximum absolute atomic E-state index is 12.6. The second-order valence-electron chi connectivity index (χ2n) is 7.04. The number of amides is 3. The number of rotatable bonds is 2. The van der Waals surface area contributed by atoms with Gasteiger partial charge in [0.2, 0.25) is 17.7 Å². The van der Waals surface area contributed by atoms with Crippen LogP contribution in [0.5, 0.6) is 0 Å². The molecule has 0 aromatic heterocycles. The number of imide groups is 1. The maximum atomic E-state index is 12.6. The zero-order valence-electron chi connectivity index (χ0n) is 12.3. The number of hydrogen-bond acceptors (Lipinski definition) is 3. The fraction of sp³-hybridized carbons (Fsp3) is 0.812. The number of carbonyl (C=O) groups excluding carboxylic acids is 3. The van der Waals surface area contributed by atoms with Gasteiger partial charge in [0.25, 0.3) is 0 Å². The molecule has 0 spiro atoms. The summed E-state index contributed by atoms with van der Waals surface area (Å²) in [7, 11) is 0. The van der Waals surface area contributed by atoms with Crippen LogP contribution in [0, 0.1) is 5.92 Å². The minimum absolute atomic E-state index is 0.0110. The number of nitrogens with zero attached hydrogens (tertiary/aromatic N) is 2. The lowest BCUT2D eigenvalue weighted by molar-refractivity contribution is -0.147. The van der Waals surface area contributed by atoms with Crippen molar-refractivity contribution in [2.45, 2.75) is 75.9 Å². The van der Waals surface area contributed by atoms with Crippen molar-refractivity contribution in [3.8, 4) is 0 Å². The van der Waals surface area contributed by atoms with Gasteiger partial charge in [-0.15, -0.1) is 0 Å². The van der Waals surface area contributed by atoms with Gasteiger partial charge < -0.3 is 4.90 Å². The predicted molar refractivity (Wildman–Crippen MR) is 75.1 cm³/mol. The zero-order valence-corrected chi connectivity index (χ0v) is 12.3. The summed E-state index contributed by atoms with van der Waals surface area (Å²) in [6.45, 7) is 0. The van der Waals surface area contributed by atoms with Crippen molar-refractivity contribution < 1.29 is 14.4 Å². The molecule has 4 aliphatic rings. The molecule has 1 saturated carbocycles. The van der Waals surface area contributed by atoms with E-state index < -0.39 is 0 Å². The molecule has 3 saturated heterocycles. The molecule has 2 bridgehead atoms. The van der Waals surface area contributed by atoms with Gasteiger partial charge in [0.15, 0.2) is 0 Å². The first kappa shape index (κ1) is 13.3. The molecule has 5 heteroatoms. The van der Waals surface area contributed by atoms with Crippen molar-refractivity contribution in [3.05, 3.63) is 0 Å². The van der Waals surface area contributed by atoms with Crippen LogP contribution in [0.2, 0.25) is 0 Å². The Labute approximate surface area is 124 Å². The van der Waals surface area contributed by atoms with Crippen LogP contribution in [0.25, 0.3) is 0 Å². The van der Waals surface area contributed by atoms with Crippen molar-refractivity contribution in [1.29, 1.82) is 0 Å². The summed E-state index contributed by atoms with van der Waals surface area (Å²) < 4.78 is 0. The molecule has 0 aromatic rings. The van der Waals surface area contributed by atoms with E-state index in [1.807, 2.05) is 0 Å². The summed E-state index contributed by atoms with van der Waals surface area (Å²) in [4.78, 5) is 40.0. The summed E-state index contributed by atoms with van der Waals surface area (Å²) in [5, 5.41) is 0. The average Bonchev–Trinajstić information content (AvgIpc) is 2.85. The lowest BCUT2D eigenvalue weighted by atomic mass is 9.83. The van der Waals surface area contributed by atoms with Crippen LogP contribution in [-0.2, 0) is 14.4 Å². The first-order chi connectivity index (χ1) is 10.1. The van der Waals surface area contributed by atoms with E-state index in [9.17, 15) is 14.4 Å². The Morgan fingerprint density at radius 2 is 1.43 bits per heavy atom. The van der Waals surface area contributed by atoms with Gasteiger partial charge in [-0.1, -0.05) is 6.42 Å². The monoisotopic (exact) mass is 290 g/mol. The van der Waals surface area contributed by atoms with Gasteiger partial charge in [0.05, 0.1) is 0 Å². The minimum atomic E-state index is -0.0110. The topological polar surface area (TPSA) is 57.7 Å². The highest BCUT2D eigenvalue weighted by molar-refractivity contribution is 6.02. The van der Waals surface area contributed by atoms with Crippen LogP contribution in [0.4, 0.5) is 0 Å². The second-order valence-corrected chi connectivity index (χ2v) is 7.04. The van der Waals surface area contributed by atoms with E-state index in [1.54, 1.807) is 0 Å². The molecule has 3 aliphatic heterocycles. The van der Waals surface area contributed by atoms with E-state index in [2.05, 4.69) is 4.90 Å². The molecule has 3 amide bonds. The number of hydrogen-bond donors (Lipinski definition) is 0. The number of fused-ring (bicyclic) bond motifs is 2. The van der Waals surface area contributed by atoms with Crippen molar-refractivity contribution >= 4 is 17.7 Å². The van der Waals surface area contributed by atoms with Crippen LogP contribution in [0.1, 0.15) is 57.8 Å². The summed E-state index contributed by atoms with van der Waals surface area (Å²) in [5.74, 6) is 0.567. The molecule has 114 valence electrons. The van der Waals surface area contributed by atoms with Gasteiger partial charge in [-0.3, -0.25) is 19.3 Å². The second kappa shape index (κ2) is 4.82. The summed E-state index contributed by atoms with van der Waals surface area (Å²) in [6, 6.07) is 0.543. The molecule has 21 heavy (non-hydrogen) atoms. The van der Waals surface area contributed by atoms with Crippen molar-refractivity contribution in [2.75, 3.05) is 0 Å². The lowest BCUT2D eigenvalue weighted by Crippen LogP contribution is -2.55. The van der Waals surface area contributed by atoms with Gasteiger partial charge in [-0.25, -0.2) is 0 Å². The largest absolute Gasteiger partial charge is 0.336 e. The third kappa shape index (κ3) is 2.00. The number of piperidine rings is 1. The molecule has 4 rings (SSSR count). The highest BCUT2D eigenvalue weighted by Gasteiger charge is 2.49.